The lowest BCUT2D eigenvalue weighted by Crippen LogP contribution is -2.23. The molecule has 31 heavy (non-hydrogen) atoms. The number of thiazole rings is 1. The number of aryl methyl sites for hydroxylation is 1. The lowest BCUT2D eigenvalue weighted by Gasteiger charge is -2.17. The van der Waals surface area contributed by atoms with Crippen molar-refractivity contribution in [3.8, 4) is 0 Å². The van der Waals surface area contributed by atoms with Gasteiger partial charge in [-0.1, -0.05) is 36.8 Å². The highest BCUT2D eigenvalue weighted by molar-refractivity contribution is 7.13. The largest absolute Gasteiger partial charge is 0.310 e. The molecule has 0 spiro atoms. The number of ketones is 2. The zero-order valence-corrected chi connectivity index (χ0v) is 18.2. The molecule has 8 heteroatoms. The molecule has 0 fully saturated rings. The van der Waals surface area contributed by atoms with Crippen molar-refractivity contribution in [3.63, 3.8) is 0 Å². The predicted molar refractivity (Wildman–Crippen MR) is 118 cm³/mol. The molecule has 0 saturated heterocycles. The zero-order chi connectivity index (χ0) is 22.0. The molecule has 0 aliphatic carbocycles. The summed E-state index contributed by atoms with van der Waals surface area (Å²) in [6.07, 6.45) is 4.21. The third-order valence-corrected chi connectivity index (χ3v) is 6.54. The molecule has 3 aromatic rings. The summed E-state index contributed by atoms with van der Waals surface area (Å²) >= 11 is 1.34. The number of hydrogen-bond acceptors (Lipinski definition) is 7. The molecule has 1 amide bonds. The Kier molecular flexibility index (Phi) is 5.99. The van der Waals surface area contributed by atoms with Crippen LogP contribution in [0.5, 0.6) is 0 Å². The molecule has 0 bridgehead atoms. The Balaban J connectivity index is 1.43. The molecule has 0 radical (unpaired) electrons. The van der Waals surface area contributed by atoms with Gasteiger partial charge in [-0.15, -0.1) is 11.3 Å². The van der Waals surface area contributed by atoms with Crippen LogP contribution in [0.25, 0.3) is 0 Å². The number of benzene rings is 1. The Morgan fingerprint density at radius 1 is 1.10 bits per heavy atom. The first-order chi connectivity index (χ1) is 14.9. The number of carbonyl (C=O) groups is 3. The Hall–Kier alpha value is -3.26. The Labute approximate surface area is 184 Å². The minimum absolute atomic E-state index is 0.0201. The normalized spacial score (nSPS) is 13.9. The molecule has 0 saturated carbocycles. The van der Waals surface area contributed by atoms with E-state index in [4.69, 9.17) is 0 Å². The molecule has 7 nitrogen and oxygen atoms in total. The van der Waals surface area contributed by atoms with E-state index < -0.39 is 0 Å². The molecule has 1 aromatic carbocycles. The second-order valence-electron chi connectivity index (χ2n) is 7.77. The first-order valence-corrected chi connectivity index (χ1v) is 10.9. The number of carbonyl (C=O) groups excluding carboxylic acids is 3. The summed E-state index contributed by atoms with van der Waals surface area (Å²) in [5.74, 6) is 0.0584. The average molecular weight is 435 g/mol. The first kappa shape index (κ1) is 21.0. The van der Waals surface area contributed by atoms with Crippen molar-refractivity contribution in [2.45, 2.75) is 45.4 Å². The van der Waals surface area contributed by atoms with Crippen LogP contribution in [0.2, 0.25) is 0 Å². The predicted octanol–water partition coefficient (Wildman–Crippen LogP) is 3.93. The fourth-order valence-electron chi connectivity index (χ4n) is 3.52. The second kappa shape index (κ2) is 8.85. The quantitative estimate of drug-likeness (QED) is 0.566. The zero-order valence-electron chi connectivity index (χ0n) is 17.3. The van der Waals surface area contributed by atoms with E-state index >= 15 is 0 Å². The van der Waals surface area contributed by atoms with Crippen molar-refractivity contribution in [2.75, 3.05) is 5.32 Å². The highest BCUT2D eigenvalue weighted by Gasteiger charge is 2.25. The summed E-state index contributed by atoms with van der Waals surface area (Å²) in [7, 11) is 0. The van der Waals surface area contributed by atoms with E-state index in [1.54, 1.807) is 6.20 Å². The van der Waals surface area contributed by atoms with Gasteiger partial charge in [0, 0.05) is 36.9 Å². The number of fused-ring (bicyclic) bond motifs is 1. The maximum Gasteiger partial charge on any atom is 0.225 e. The van der Waals surface area contributed by atoms with Crippen molar-refractivity contribution >= 4 is 34.6 Å². The summed E-state index contributed by atoms with van der Waals surface area (Å²) in [6.45, 7) is 3.93. The standard InChI is InChI=1S/C23H22N4O3S/c1-13-3-5-15(6-4-13)10-17(28)19-11-24-23(31-19)14(2)9-18(29)21-16-7-8-20(30)27-22(16)26-12-25-21/h3-6,11-12,14H,7-10H2,1-2H3,(H,25,26,27,30)/t14-/m0/s1. The van der Waals surface area contributed by atoms with Crippen LogP contribution in [0.1, 0.15) is 67.5 Å². The lowest BCUT2D eigenvalue weighted by molar-refractivity contribution is -0.116. The average Bonchev–Trinajstić information content (AvgIpc) is 3.25. The monoisotopic (exact) mass is 434 g/mol. The minimum atomic E-state index is -0.151. The highest BCUT2D eigenvalue weighted by Crippen LogP contribution is 2.29. The maximum absolute atomic E-state index is 12.9. The molecule has 1 atom stereocenters. The number of rotatable bonds is 7. The smallest absolute Gasteiger partial charge is 0.225 e. The van der Waals surface area contributed by atoms with Gasteiger partial charge in [-0.3, -0.25) is 14.4 Å². The van der Waals surface area contributed by atoms with Crippen LogP contribution in [0.3, 0.4) is 0 Å². The van der Waals surface area contributed by atoms with Crippen LogP contribution >= 0.6 is 11.3 Å². The van der Waals surface area contributed by atoms with Gasteiger partial charge in [-0.05, 0) is 18.9 Å². The van der Waals surface area contributed by atoms with Gasteiger partial charge in [0.15, 0.2) is 11.6 Å². The van der Waals surface area contributed by atoms with Gasteiger partial charge in [0.2, 0.25) is 5.91 Å². The number of amides is 1. The summed E-state index contributed by atoms with van der Waals surface area (Å²) in [6, 6.07) is 7.90. The van der Waals surface area contributed by atoms with Crippen molar-refractivity contribution in [1.29, 1.82) is 0 Å². The molecular formula is C23H22N4O3S. The fraction of sp³-hybridized carbons (Fsp3) is 0.304. The van der Waals surface area contributed by atoms with Crippen LogP contribution in [-0.4, -0.2) is 32.4 Å². The van der Waals surface area contributed by atoms with Crippen molar-refractivity contribution < 1.29 is 14.4 Å². The van der Waals surface area contributed by atoms with Crippen LogP contribution in [0, 0.1) is 6.92 Å². The maximum atomic E-state index is 12.9. The van der Waals surface area contributed by atoms with Crippen molar-refractivity contribution in [3.05, 3.63) is 69.1 Å². The van der Waals surface area contributed by atoms with Crippen LogP contribution in [0.4, 0.5) is 5.82 Å². The first-order valence-electron chi connectivity index (χ1n) is 10.1. The fourth-order valence-corrected chi connectivity index (χ4v) is 4.42. The third kappa shape index (κ3) is 4.74. The van der Waals surface area contributed by atoms with Crippen LogP contribution in [-0.2, 0) is 17.6 Å². The van der Waals surface area contributed by atoms with Crippen LogP contribution in [0.15, 0.2) is 36.8 Å². The number of hydrogen-bond donors (Lipinski definition) is 1. The molecule has 1 N–H and O–H groups in total. The molecular weight excluding hydrogens is 412 g/mol. The second-order valence-corrected chi connectivity index (χ2v) is 8.84. The number of anilines is 1. The number of nitrogens with one attached hydrogen (secondary N) is 1. The topological polar surface area (TPSA) is 102 Å². The summed E-state index contributed by atoms with van der Waals surface area (Å²) in [4.78, 5) is 50.3. The van der Waals surface area contributed by atoms with Gasteiger partial charge in [0.05, 0.1) is 9.88 Å². The third-order valence-electron chi connectivity index (χ3n) is 5.27. The number of nitrogens with zero attached hydrogens (tertiary/aromatic N) is 3. The Morgan fingerprint density at radius 2 is 1.87 bits per heavy atom. The Bertz CT molecular complexity index is 1150. The van der Waals surface area contributed by atoms with Gasteiger partial charge < -0.3 is 5.32 Å². The summed E-state index contributed by atoms with van der Waals surface area (Å²) < 4.78 is 0. The van der Waals surface area contributed by atoms with Crippen LogP contribution < -0.4 is 5.32 Å². The van der Waals surface area contributed by atoms with Gasteiger partial charge in [-0.2, -0.15) is 0 Å². The van der Waals surface area contributed by atoms with Gasteiger partial charge in [0.25, 0.3) is 0 Å². The van der Waals surface area contributed by atoms with Gasteiger partial charge in [-0.25, -0.2) is 15.0 Å². The molecule has 2 aromatic heterocycles. The Morgan fingerprint density at radius 3 is 2.65 bits per heavy atom. The van der Waals surface area contributed by atoms with E-state index in [1.807, 2.05) is 38.1 Å². The molecule has 4 rings (SSSR count). The van der Waals surface area contributed by atoms with Crippen molar-refractivity contribution in [1.82, 2.24) is 15.0 Å². The van der Waals surface area contributed by atoms with Gasteiger partial charge >= 0.3 is 0 Å². The molecule has 1 aliphatic rings. The van der Waals surface area contributed by atoms with Crippen molar-refractivity contribution in [2.24, 2.45) is 0 Å². The molecule has 3 heterocycles. The SMILES string of the molecule is Cc1ccc(CC(=O)c2cnc([C@@H](C)CC(=O)c3ncnc4c3CCC(=O)N4)s2)cc1. The van der Waals surface area contributed by atoms with E-state index in [0.717, 1.165) is 16.1 Å². The lowest BCUT2D eigenvalue weighted by atomic mass is 9.97. The van der Waals surface area contributed by atoms with E-state index in [-0.39, 0.29) is 29.8 Å². The molecule has 0 unspecified atom stereocenters. The van der Waals surface area contributed by atoms with E-state index in [1.165, 1.54) is 17.7 Å². The molecule has 158 valence electrons. The number of aromatic nitrogens is 3. The van der Waals surface area contributed by atoms with E-state index in [9.17, 15) is 14.4 Å². The summed E-state index contributed by atoms with van der Waals surface area (Å²) in [5.41, 5.74) is 3.16. The van der Waals surface area contributed by atoms with E-state index in [0.29, 0.717) is 41.2 Å². The summed E-state index contributed by atoms with van der Waals surface area (Å²) in [5, 5.41) is 3.44. The van der Waals surface area contributed by atoms with E-state index in [2.05, 4.69) is 20.3 Å². The minimum Gasteiger partial charge on any atom is -0.310 e. The molecule has 1 aliphatic heterocycles. The van der Waals surface area contributed by atoms with Gasteiger partial charge in [0.1, 0.15) is 17.8 Å². The number of Topliss-reactive ketones (excluding diaryl/α,β-unsaturated/α-hetero) is 2. The highest BCUT2D eigenvalue weighted by atomic mass is 32.1.